The smallest absolute Gasteiger partial charge is 0.255 e. The third-order valence-corrected chi connectivity index (χ3v) is 8.12. The number of phenolic OH excluding ortho intramolecular Hbond substituents is 1. The maximum atomic E-state index is 13.7. The summed E-state index contributed by atoms with van der Waals surface area (Å²) in [5.74, 6) is -10.2. The van der Waals surface area contributed by atoms with Crippen molar-refractivity contribution in [2.24, 2.45) is 23.3 Å². The first-order chi connectivity index (χ1) is 18.9. The number of hydrogen-bond donors (Lipinski definition) is 9. The molecule has 40 heavy (non-hydrogen) atoms. The van der Waals surface area contributed by atoms with Crippen LogP contribution >= 0.6 is 0 Å². The maximum Gasteiger partial charge on any atom is 0.255 e. The number of Topliss-reactive ketones (excluding diaryl/α,β-unsaturated/α-hetero) is 2. The molecular weight excluding hydrogens is 522 g/mol. The van der Waals surface area contributed by atoms with Crippen LogP contribution in [0.15, 0.2) is 65.1 Å². The van der Waals surface area contributed by atoms with Crippen LogP contribution in [0.25, 0.3) is 0 Å². The monoisotopic (exact) mass is 551 g/mol. The number of aromatic hydroxyl groups is 1. The number of carbonyl (C=O) groups is 3. The standard InChI is InChI=1S/C28H29N3O9/c29-19-18-23(35)15-16(25(37)28(18,40)26(38)17(24(19)36)27(30)39)22(34)14-13(21(15)33)7-6-12(20(14)32)10-31-9-8-11-4-2-1-3-5-11/h1-7,15,18-19,21,23,31-33,35-37,40H,8-10,29H2,(H2,30,39)/t15-,18+,19-,21-,23-,28-/m0/s1. The second-order valence-corrected chi connectivity index (χ2v) is 10.3. The van der Waals surface area contributed by atoms with Gasteiger partial charge in [-0.3, -0.25) is 14.4 Å². The SMILES string of the molecule is NC(=O)C1=C(O)[C@@H](N)[C@@H]2[C@@H](O)[C@H]3C(=C(O)[C@]2(O)C1=O)C(=O)c1c(ccc(CNCCc2ccccc2)c1O)[C@@H]3O. The van der Waals surface area contributed by atoms with Crippen LogP contribution in [0.4, 0.5) is 0 Å². The Hall–Kier alpha value is -4.07. The summed E-state index contributed by atoms with van der Waals surface area (Å²) in [5.41, 5.74) is 7.22. The van der Waals surface area contributed by atoms with Crippen LogP contribution in [0.2, 0.25) is 0 Å². The van der Waals surface area contributed by atoms with Crippen molar-refractivity contribution < 1.29 is 45.0 Å². The number of hydrogen-bond acceptors (Lipinski definition) is 11. The zero-order valence-corrected chi connectivity index (χ0v) is 21.1. The summed E-state index contributed by atoms with van der Waals surface area (Å²) in [7, 11) is 0. The number of rotatable bonds is 6. The third kappa shape index (κ3) is 3.84. The summed E-state index contributed by atoms with van der Waals surface area (Å²) in [6.07, 6.45) is -2.92. The van der Waals surface area contributed by atoms with Crippen molar-refractivity contribution in [2.45, 2.75) is 36.8 Å². The molecule has 12 heteroatoms. The number of phenols is 1. The Morgan fingerprint density at radius 2 is 1.70 bits per heavy atom. The van der Waals surface area contributed by atoms with Gasteiger partial charge in [-0.05, 0) is 24.1 Å². The molecule has 12 nitrogen and oxygen atoms in total. The molecule has 0 spiro atoms. The summed E-state index contributed by atoms with van der Waals surface area (Å²) in [5, 5.41) is 69.6. The number of fused-ring (bicyclic) bond motifs is 3. The lowest BCUT2D eigenvalue weighted by molar-refractivity contribution is -0.160. The Labute approximate surface area is 227 Å². The number of benzene rings is 2. The number of carbonyl (C=O) groups excluding carboxylic acids is 3. The Morgan fingerprint density at radius 3 is 2.35 bits per heavy atom. The van der Waals surface area contributed by atoms with Crippen molar-refractivity contribution >= 4 is 17.5 Å². The number of amides is 1. The molecule has 11 N–H and O–H groups in total. The molecule has 2 aromatic carbocycles. The van der Waals surface area contributed by atoms with Crippen LogP contribution in [-0.2, 0) is 22.6 Å². The average Bonchev–Trinajstić information content (AvgIpc) is 2.92. The van der Waals surface area contributed by atoms with E-state index in [1.807, 2.05) is 30.3 Å². The van der Waals surface area contributed by atoms with Crippen LogP contribution in [-0.4, -0.2) is 72.4 Å². The zero-order chi connectivity index (χ0) is 29.1. The Kier molecular flexibility index (Phi) is 6.76. The molecule has 1 amide bonds. The van der Waals surface area contributed by atoms with Crippen LogP contribution < -0.4 is 16.8 Å². The molecule has 0 heterocycles. The van der Waals surface area contributed by atoms with Crippen molar-refractivity contribution in [1.82, 2.24) is 5.32 Å². The number of aliphatic hydroxyl groups is 5. The minimum Gasteiger partial charge on any atom is -0.510 e. The fourth-order valence-corrected chi connectivity index (χ4v) is 6.09. The van der Waals surface area contributed by atoms with Gasteiger partial charge in [0.1, 0.15) is 22.8 Å². The van der Waals surface area contributed by atoms with Gasteiger partial charge < -0.3 is 47.4 Å². The second kappa shape index (κ2) is 9.84. The summed E-state index contributed by atoms with van der Waals surface area (Å²) in [6.45, 7) is 0.703. The van der Waals surface area contributed by atoms with Gasteiger partial charge in [-0.15, -0.1) is 0 Å². The van der Waals surface area contributed by atoms with Gasteiger partial charge >= 0.3 is 0 Å². The van der Waals surface area contributed by atoms with Crippen molar-refractivity contribution in [3.05, 3.63) is 87.4 Å². The molecule has 0 saturated carbocycles. The maximum absolute atomic E-state index is 13.7. The van der Waals surface area contributed by atoms with Gasteiger partial charge in [0.05, 0.1) is 29.7 Å². The van der Waals surface area contributed by atoms with Gasteiger partial charge in [0, 0.05) is 23.6 Å². The van der Waals surface area contributed by atoms with E-state index in [2.05, 4.69) is 5.32 Å². The van der Waals surface area contributed by atoms with Gasteiger partial charge in [-0.25, -0.2) is 0 Å². The molecule has 210 valence electrons. The molecule has 6 atom stereocenters. The molecule has 0 aliphatic heterocycles. The molecule has 0 aromatic heterocycles. The van der Waals surface area contributed by atoms with Crippen molar-refractivity contribution in [1.29, 1.82) is 0 Å². The van der Waals surface area contributed by atoms with E-state index in [4.69, 9.17) is 11.5 Å². The molecular formula is C28H29N3O9. The number of primary amides is 1. The average molecular weight is 552 g/mol. The highest BCUT2D eigenvalue weighted by molar-refractivity contribution is 6.25. The number of nitrogens with one attached hydrogen (secondary N) is 1. The molecule has 0 saturated heterocycles. The number of nitrogens with two attached hydrogens (primary N) is 2. The van der Waals surface area contributed by atoms with Crippen LogP contribution in [0.1, 0.15) is 33.2 Å². The van der Waals surface area contributed by atoms with E-state index < -0.39 is 81.6 Å². The number of ketones is 2. The molecule has 0 radical (unpaired) electrons. The van der Waals surface area contributed by atoms with E-state index >= 15 is 0 Å². The summed E-state index contributed by atoms with van der Waals surface area (Å²) in [4.78, 5) is 38.7. The normalized spacial score (nSPS) is 29.6. The van der Waals surface area contributed by atoms with E-state index in [1.54, 1.807) is 0 Å². The fourth-order valence-electron chi connectivity index (χ4n) is 6.09. The molecule has 5 rings (SSSR count). The Bertz CT molecular complexity index is 1490. The van der Waals surface area contributed by atoms with Gasteiger partial charge in [0.15, 0.2) is 11.4 Å². The summed E-state index contributed by atoms with van der Waals surface area (Å²) in [6, 6.07) is 10.8. The Morgan fingerprint density at radius 1 is 1.02 bits per heavy atom. The molecule has 3 aliphatic rings. The van der Waals surface area contributed by atoms with Crippen molar-refractivity contribution in [3.8, 4) is 5.75 Å². The van der Waals surface area contributed by atoms with E-state index in [0.29, 0.717) is 18.5 Å². The van der Waals surface area contributed by atoms with E-state index in [0.717, 1.165) is 5.56 Å². The van der Waals surface area contributed by atoms with Crippen LogP contribution in [0.3, 0.4) is 0 Å². The second-order valence-electron chi connectivity index (χ2n) is 10.3. The highest BCUT2D eigenvalue weighted by atomic mass is 16.4. The Balaban J connectivity index is 1.53. The predicted octanol–water partition coefficient (Wildman–Crippen LogP) is -0.688. The quantitative estimate of drug-likeness (QED) is 0.161. The van der Waals surface area contributed by atoms with E-state index in [1.165, 1.54) is 12.1 Å². The van der Waals surface area contributed by atoms with Crippen LogP contribution in [0, 0.1) is 11.8 Å². The summed E-state index contributed by atoms with van der Waals surface area (Å²) >= 11 is 0. The topological polar surface area (TPSA) is 237 Å². The van der Waals surface area contributed by atoms with E-state index in [-0.39, 0.29) is 17.7 Å². The fraction of sp³-hybridized carbons (Fsp3) is 0.321. The zero-order valence-electron chi connectivity index (χ0n) is 21.1. The lowest BCUT2D eigenvalue weighted by atomic mass is 9.57. The largest absolute Gasteiger partial charge is 0.510 e. The van der Waals surface area contributed by atoms with E-state index in [9.17, 15) is 45.0 Å². The van der Waals surface area contributed by atoms with Gasteiger partial charge in [-0.1, -0.05) is 42.5 Å². The highest BCUT2D eigenvalue weighted by Gasteiger charge is 2.66. The molecule has 2 aromatic rings. The molecule has 0 fully saturated rings. The van der Waals surface area contributed by atoms with Gasteiger partial charge in [-0.2, -0.15) is 0 Å². The molecule has 0 unspecified atom stereocenters. The van der Waals surface area contributed by atoms with Gasteiger partial charge in [0.25, 0.3) is 5.91 Å². The predicted molar refractivity (Wildman–Crippen MR) is 139 cm³/mol. The number of aliphatic hydroxyl groups excluding tert-OH is 4. The molecule has 3 aliphatic carbocycles. The lowest BCUT2D eigenvalue weighted by Crippen LogP contribution is -2.68. The van der Waals surface area contributed by atoms with Gasteiger partial charge in [0.2, 0.25) is 5.78 Å². The lowest BCUT2D eigenvalue weighted by Gasteiger charge is -2.51. The first kappa shape index (κ1) is 27.5. The molecule has 0 bridgehead atoms. The highest BCUT2D eigenvalue weighted by Crippen LogP contribution is 2.54. The van der Waals surface area contributed by atoms with Crippen molar-refractivity contribution in [2.75, 3.05) is 6.54 Å². The first-order valence-corrected chi connectivity index (χ1v) is 12.6. The minimum absolute atomic E-state index is 0.0464. The first-order valence-electron chi connectivity index (χ1n) is 12.6. The van der Waals surface area contributed by atoms with Crippen molar-refractivity contribution in [3.63, 3.8) is 0 Å². The third-order valence-electron chi connectivity index (χ3n) is 8.12. The van der Waals surface area contributed by atoms with Crippen LogP contribution in [0.5, 0.6) is 5.75 Å². The minimum atomic E-state index is -3.11. The summed E-state index contributed by atoms with van der Waals surface area (Å²) < 4.78 is 0.